The van der Waals surface area contributed by atoms with Gasteiger partial charge in [-0.3, -0.25) is 0 Å². The molecule has 0 saturated carbocycles. The molecule has 2 fully saturated rings. The van der Waals surface area contributed by atoms with Gasteiger partial charge in [0.05, 0.1) is 10.5 Å². The van der Waals surface area contributed by atoms with Gasteiger partial charge in [-0.1, -0.05) is 50.2 Å². The number of nitrogens with zero attached hydrogens (tertiary/aromatic N) is 3. The number of hydrogen-bond donors (Lipinski definition) is 4. The first-order valence-corrected chi connectivity index (χ1v) is 14.5. The van der Waals surface area contributed by atoms with Gasteiger partial charge in [-0.25, -0.2) is 17.9 Å². The van der Waals surface area contributed by atoms with Crippen molar-refractivity contribution in [1.29, 1.82) is 0 Å². The number of primary sulfonamides is 1. The van der Waals surface area contributed by atoms with Crippen molar-refractivity contribution in [2.75, 3.05) is 26.2 Å². The average molecular weight is 530 g/mol. The number of piperidine rings is 2. The Labute approximate surface area is 217 Å². The van der Waals surface area contributed by atoms with Crippen LogP contribution < -0.4 is 15.8 Å². The summed E-state index contributed by atoms with van der Waals surface area (Å²) in [6.45, 7) is 7.08. The minimum absolute atomic E-state index is 0.0553. The van der Waals surface area contributed by atoms with E-state index >= 15 is 4.39 Å². The number of tetrazole rings is 1. The van der Waals surface area contributed by atoms with Crippen molar-refractivity contribution in [3.63, 3.8) is 0 Å². The summed E-state index contributed by atoms with van der Waals surface area (Å²) in [5, 5.41) is 26.4. The van der Waals surface area contributed by atoms with Crippen LogP contribution in [-0.2, 0) is 16.4 Å². The molecular weight excluding hydrogens is 493 g/mol. The van der Waals surface area contributed by atoms with Crippen molar-refractivity contribution in [3.8, 4) is 22.5 Å². The number of rotatable bonds is 6. The van der Waals surface area contributed by atoms with Crippen LogP contribution in [0.25, 0.3) is 22.5 Å². The Morgan fingerprint density at radius 2 is 1.65 bits per heavy atom. The zero-order valence-electron chi connectivity index (χ0n) is 21.4. The largest absolute Gasteiger partial charge is 0.317 e. The van der Waals surface area contributed by atoms with E-state index in [0.717, 1.165) is 31.5 Å². The molecule has 11 heteroatoms. The van der Waals surface area contributed by atoms with E-state index in [1.54, 1.807) is 12.1 Å². The van der Waals surface area contributed by atoms with E-state index in [2.05, 4.69) is 43.4 Å². The van der Waals surface area contributed by atoms with Gasteiger partial charge < -0.3 is 10.6 Å². The Hall–Kier alpha value is -2.73. The van der Waals surface area contributed by atoms with Crippen molar-refractivity contribution >= 4 is 10.0 Å². The van der Waals surface area contributed by atoms with Crippen LogP contribution in [0.4, 0.5) is 4.39 Å². The van der Waals surface area contributed by atoms with Crippen LogP contribution >= 0.6 is 0 Å². The highest BCUT2D eigenvalue weighted by Crippen LogP contribution is 2.40. The Morgan fingerprint density at radius 1 is 1.00 bits per heavy atom. The summed E-state index contributed by atoms with van der Waals surface area (Å²) in [4.78, 5) is -0.144. The molecule has 0 amide bonds. The van der Waals surface area contributed by atoms with Gasteiger partial charge in [-0.15, -0.1) is 10.2 Å². The summed E-state index contributed by atoms with van der Waals surface area (Å²) < 4.78 is 41.4. The Morgan fingerprint density at radius 3 is 2.24 bits per heavy atom. The molecule has 0 bridgehead atoms. The molecule has 0 unspecified atom stereocenters. The molecule has 3 heterocycles. The van der Waals surface area contributed by atoms with E-state index in [4.69, 9.17) is 5.14 Å². The molecule has 2 aliphatic rings. The second kappa shape index (κ2) is 11.8. The summed E-state index contributed by atoms with van der Waals surface area (Å²) in [7, 11) is -4.23. The fourth-order valence-corrected chi connectivity index (χ4v) is 6.29. The second-order valence-electron chi connectivity index (χ2n) is 9.48. The maximum absolute atomic E-state index is 15.6. The number of benzene rings is 2. The highest BCUT2D eigenvalue weighted by atomic mass is 32.2. The third-order valence-electron chi connectivity index (χ3n) is 7.13. The van der Waals surface area contributed by atoms with Crippen molar-refractivity contribution in [2.45, 2.75) is 62.4 Å². The predicted molar refractivity (Wildman–Crippen MR) is 142 cm³/mol. The van der Waals surface area contributed by atoms with E-state index < -0.39 is 15.7 Å². The summed E-state index contributed by atoms with van der Waals surface area (Å²) in [5.74, 6) is 0.599. The fraction of sp³-hybridized carbons (Fsp3) is 0.500. The number of H-pyrrole nitrogens is 1. The number of aromatic amines is 1. The lowest BCUT2D eigenvalue weighted by atomic mass is 9.85. The monoisotopic (exact) mass is 529 g/mol. The van der Waals surface area contributed by atoms with Crippen LogP contribution in [0.1, 0.15) is 56.6 Å². The first-order chi connectivity index (χ1) is 17.8. The number of nitrogens with two attached hydrogens (primary N) is 1. The molecule has 200 valence electrons. The van der Waals surface area contributed by atoms with E-state index in [1.165, 1.54) is 5.56 Å². The Balaban J connectivity index is 0.00000156. The van der Waals surface area contributed by atoms with E-state index in [1.807, 2.05) is 26.0 Å². The van der Waals surface area contributed by atoms with E-state index in [0.29, 0.717) is 43.0 Å². The van der Waals surface area contributed by atoms with Crippen LogP contribution in [0.15, 0.2) is 41.3 Å². The zero-order chi connectivity index (χ0) is 26.5. The van der Waals surface area contributed by atoms with E-state index in [-0.39, 0.29) is 22.7 Å². The number of aromatic nitrogens is 4. The summed E-state index contributed by atoms with van der Waals surface area (Å²) in [6, 6.07) is 11.6. The molecule has 5 rings (SSSR count). The normalized spacial score (nSPS) is 18.2. The lowest BCUT2D eigenvalue weighted by Crippen LogP contribution is -2.40. The lowest BCUT2D eigenvalue weighted by molar-refractivity contribution is 0.115. The second-order valence-corrected chi connectivity index (χ2v) is 11.0. The number of alkyl halides is 1. The third-order valence-corrected chi connectivity index (χ3v) is 8.17. The molecule has 37 heavy (non-hydrogen) atoms. The molecule has 0 spiro atoms. The average Bonchev–Trinajstić information content (AvgIpc) is 3.45. The topological polar surface area (TPSA) is 139 Å². The minimum atomic E-state index is -4.23. The van der Waals surface area contributed by atoms with Crippen molar-refractivity contribution in [2.24, 2.45) is 5.14 Å². The Kier molecular flexibility index (Phi) is 8.68. The lowest BCUT2D eigenvalue weighted by Gasteiger charge is -2.31. The summed E-state index contributed by atoms with van der Waals surface area (Å²) in [6.07, 6.45) is 2.71. The highest BCUT2D eigenvalue weighted by Gasteiger charge is 2.35. The third kappa shape index (κ3) is 6.23. The number of halogens is 1. The Bertz CT molecular complexity index is 1270. The quantitative estimate of drug-likeness (QED) is 0.384. The maximum atomic E-state index is 15.6. The van der Waals surface area contributed by atoms with Crippen LogP contribution in [0.3, 0.4) is 0 Å². The minimum Gasteiger partial charge on any atom is -0.317 e. The van der Waals surface area contributed by atoms with Gasteiger partial charge in [0.1, 0.15) is 5.67 Å². The molecule has 9 nitrogen and oxygen atoms in total. The maximum Gasteiger partial charge on any atom is 0.239 e. The van der Waals surface area contributed by atoms with Gasteiger partial charge in [-0.2, -0.15) is 5.21 Å². The van der Waals surface area contributed by atoms with Gasteiger partial charge in [0.25, 0.3) is 0 Å². The standard InChI is InChI=1S/C24H30FN7O2S.C2H6/c25-24(9-13-28-14-10-24)15-19-5-6-20(21(22(19)35(26,33)34)23-29-31-32-30-23)18-3-1-16(2-4-18)17-7-11-27-12-8-17;1-2/h1-6,17,27-28H,7-15H2,(H2,26,33,34)(H,29,30,31,32);1-2H3. The molecule has 0 radical (unpaired) electrons. The summed E-state index contributed by atoms with van der Waals surface area (Å²) >= 11 is 0. The van der Waals surface area contributed by atoms with Crippen LogP contribution in [0, 0.1) is 0 Å². The van der Waals surface area contributed by atoms with Gasteiger partial charge in [-0.05, 0) is 85.2 Å². The molecular formula is C26H36FN7O2S. The number of sulfonamides is 1. The molecule has 0 atom stereocenters. The van der Waals surface area contributed by atoms with Gasteiger partial charge >= 0.3 is 0 Å². The van der Waals surface area contributed by atoms with Crippen LogP contribution in [0.5, 0.6) is 0 Å². The van der Waals surface area contributed by atoms with Gasteiger partial charge in [0.2, 0.25) is 15.8 Å². The molecule has 3 aromatic rings. The summed E-state index contributed by atoms with van der Waals surface area (Å²) in [5.41, 5.74) is 1.71. The van der Waals surface area contributed by atoms with Crippen molar-refractivity contribution in [1.82, 2.24) is 31.3 Å². The smallest absolute Gasteiger partial charge is 0.239 e. The molecule has 2 aliphatic heterocycles. The van der Waals surface area contributed by atoms with Crippen molar-refractivity contribution < 1.29 is 12.8 Å². The molecule has 5 N–H and O–H groups in total. The number of hydrogen-bond acceptors (Lipinski definition) is 7. The van der Waals surface area contributed by atoms with Gasteiger partial charge in [0, 0.05) is 6.42 Å². The predicted octanol–water partition coefficient (Wildman–Crippen LogP) is 3.31. The molecule has 1 aromatic heterocycles. The highest BCUT2D eigenvalue weighted by molar-refractivity contribution is 7.89. The fourth-order valence-electron chi connectivity index (χ4n) is 5.30. The van der Waals surface area contributed by atoms with Crippen LogP contribution in [0.2, 0.25) is 0 Å². The van der Waals surface area contributed by atoms with Gasteiger partial charge in [0.15, 0.2) is 0 Å². The van der Waals surface area contributed by atoms with Crippen molar-refractivity contribution in [3.05, 3.63) is 47.5 Å². The number of nitrogens with one attached hydrogen (secondary N) is 3. The van der Waals surface area contributed by atoms with E-state index in [9.17, 15) is 8.42 Å². The first-order valence-electron chi connectivity index (χ1n) is 13.0. The molecule has 2 aromatic carbocycles. The SMILES string of the molecule is CC.NS(=O)(=O)c1c(CC2(F)CCNCC2)ccc(-c2ccc(C3CCNCC3)cc2)c1-c1nn[nH]n1. The molecule has 2 saturated heterocycles. The molecule has 0 aliphatic carbocycles. The first kappa shape index (κ1) is 27.3. The van der Waals surface area contributed by atoms with Crippen LogP contribution in [-0.4, -0.2) is 60.9 Å². The zero-order valence-corrected chi connectivity index (χ0v) is 22.2.